The second kappa shape index (κ2) is 9.32. The van der Waals surface area contributed by atoms with Crippen LogP contribution in [0.3, 0.4) is 0 Å². The quantitative estimate of drug-likeness (QED) is 0.694. The van der Waals surface area contributed by atoms with Gasteiger partial charge in [0.15, 0.2) is 0 Å². The maximum absolute atomic E-state index is 12.0. The number of nitrogens with zero attached hydrogens (tertiary/aromatic N) is 1. The summed E-state index contributed by atoms with van der Waals surface area (Å²) in [6.45, 7) is 7.38. The standard InChI is InChI=1S/C15H31N3O2/c1-5-12(6-2)14(18(3)4)10-17-15(19)9-13-11-20-8-7-16-13/h12-14,16H,5-11H2,1-4H3,(H,17,19). The van der Waals surface area contributed by atoms with Gasteiger partial charge in [-0.05, 0) is 20.0 Å². The maximum atomic E-state index is 12.0. The van der Waals surface area contributed by atoms with Crippen molar-refractivity contribution in [3.05, 3.63) is 0 Å². The van der Waals surface area contributed by atoms with E-state index in [0.717, 1.165) is 32.5 Å². The average Bonchev–Trinajstić information content (AvgIpc) is 2.44. The zero-order valence-corrected chi connectivity index (χ0v) is 13.4. The molecular formula is C15H31N3O2. The van der Waals surface area contributed by atoms with E-state index in [0.29, 0.717) is 25.0 Å². The number of amides is 1. The molecule has 5 nitrogen and oxygen atoms in total. The zero-order chi connectivity index (χ0) is 15.0. The molecule has 1 rings (SSSR count). The molecule has 0 aliphatic carbocycles. The van der Waals surface area contributed by atoms with Crippen LogP contribution in [0, 0.1) is 5.92 Å². The Morgan fingerprint density at radius 2 is 2.10 bits per heavy atom. The predicted octanol–water partition coefficient (Wildman–Crippen LogP) is 0.848. The first-order valence-corrected chi connectivity index (χ1v) is 7.82. The van der Waals surface area contributed by atoms with E-state index >= 15 is 0 Å². The number of rotatable bonds is 8. The van der Waals surface area contributed by atoms with Gasteiger partial charge in [-0.3, -0.25) is 4.79 Å². The van der Waals surface area contributed by atoms with Gasteiger partial charge in [0.2, 0.25) is 5.91 Å². The number of hydrogen-bond acceptors (Lipinski definition) is 4. The third kappa shape index (κ3) is 5.77. The number of nitrogens with one attached hydrogen (secondary N) is 2. The van der Waals surface area contributed by atoms with Gasteiger partial charge in [0.25, 0.3) is 0 Å². The molecule has 1 fully saturated rings. The molecule has 0 aromatic rings. The SMILES string of the molecule is CCC(CC)C(CNC(=O)CC1COCCN1)N(C)C. The molecule has 0 aromatic carbocycles. The number of carbonyl (C=O) groups is 1. The lowest BCUT2D eigenvalue weighted by atomic mass is 9.93. The molecule has 2 N–H and O–H groups in total. The Kier molecular flexibility index (Phi) is 8.11. The molecule has 1 aliphatic heterocycles. The summed E-state index contributed by atoms with van der Waals surface area (Å²) < 4.78 is 5.37. The fourth-order valence-corrected chi connectivity index (χ4v) is 2.87. The van der Waals surface area contributed by atoms with Gasteiger partial charge < -0.3 is 20.3 Å². The van der Waals surface area contributed by atoms with Crippen molar-refractivity contribution in [2.24, 2.45) is 5.92 Å². The first kappa shape index (κ1) is 17.4. The van der Waals surface area contributed by atoms with Crippen LogP contribution in [0.25, 0.3) is 0 Å². The minimum absolute atomic E-state index is 0.116. The normalized spacial score (nSPS) is 21.2. The van der Waals surface area contributed by atoms with E-state index in [1.807, 2.05) is 0 Å². The van der Waals surface area contributed by atoms with Gasteiger partial charge in [0.1, 0.15) is 0 Å². The monoisotopic (exact) mass is 285 g/mol. The van der Waals surface area contributed by atoms with Crippen LogP contribution in [0.4, 0.5) is 0 Å². The number of morpholine rings is 1. The van der Waals surface area contributed by atoms with Crippen LogP contribution < -0.4 is 10.6 Å². The molecule has 0 spiro atoms. The Morgan fingerprint density at radius 1 is 1.40 bits per heavy atom. The predicted molar refractivity (Wildman–Crippen MR) is 81.8 cm³/mol. The second-order valence-corrected chi connectivity index (χ2v) is 5.84. The van der Waals surface area contributed by atoms with Gasteiger partial charge >= 0.3 is 0 Å². The molecule has 118 valence electrons. The Morgan fingerprint density at radius 3 is 2.60 bits per heavy atom. The molecule has 20 heavy (non-hydrogen) atoms. The molecule has 0 saturated carbocycles. The summed E-state index contributed by atoms with van der Waals surface area (Å²) in [5, 5.41) is 6.39. The van der Waals surface area contributed by atoms with Gasteiger partial charge in [0.05, 0.1) is 13.2 Å². The Bertz CT molecular complexity index is 274. The van der Waals surface area contributed by atoms with E-state index in [9.17, 15) is 4.79 Å². The van der Waals surface area contributed by atoms with Crippen LogP contribution >= 0.6 is 0 Å². The number of carbonyl (C=O) groups excluding carboxylic acids is 1. The average molecular weight is 285 g/mol. The van der Waals surface area contributed by atoms with Gasteiger partial charge in [-0.25, -0.2) is 0 Å². The molecule has 1 aliphatic rings. The number of likely N-dealkylation sites (N-methyl/N-ethyl adjacent to an activating group) is 1. The maximum Gasteiger partial charge on any atom is 0.221 e. The lowest BCUT2D eigenvalue weighted by Crippen LogP contribution is -2.47. The summed E-state index contributed by atoms with van der Waals surface area (Å²) >= 11 is 0. The van der Waals surface area contributed by atoms with Crippen LogP contribution in [0.2, 0.25) is 0 Å². The summed E-state index contributed by atoms with van der Waals surface area (Å²) in [7, 11) is 4.18. The molecule has 1 amide bonds. The summed E-state index contributed by atoms with van der Waals surface area (Å²) in [5.41, 5.74) is 0. The minimum Gasteiger partial charge on any atom is -0.378 e. The van der Waals surface area contributed by atoms with E-state index in [1.165, 1.54) is 0 Å². The second-order valence-electron chi connectivity index (χ2n) is 5.84. The van der Waals surface area contributed by atoms with Gasteiger partial charge in [-0.2, -0.15) is 0 Å². The van der Waals surface area contributed by atoms with Gasteiger partial charge in [-0.1, -0.05) is 26.7 Å². The third-order valence-corrected chi connectivity index (χ3v) is 4.19. The zero-order valence-electron chi connectivity index (χ0n) is 13.4. The number of ether oxygens (including phenoxy) is 1. The van der Waals surface area contributed by atoms with Crippen molar-refractivity contribution in [3.8, 4) is 0 Å². The molecule has 2 unspecified atom stereocenters. The molecule has 0 aromatic heterocycles. The lowest BCUT2D eigenvalue weighted by molar-refractivity contribution is -0.122. The highest BCUT2D eigenvalue weighted by Crippen LogP contribution is 2.16. The Balaban J connectivity index is 2.36. The first-order valence-electron chi connectivity index (χ1n) is 7.82. The van der Waals surface area contributed by atoms with Crippen molar-refractivity contribution in [3.63, 3.8) is 0 Å². The third-order valence-electron chi connectivity index (χ3n) is 4.19. The molecule has 0 bridgehead atoms. The van der Waals surface area contributed by atoms with E-state index in [1.54, 1.807) is 0 Å². The fourth-order valence-electron chi connectivity index (χ4n) is 2.87. The summed E-state index contributed by atoms with van der Waals surface area (Å²) in [6, 6.07) is 0.569. The van der Waals surface area contributed by atoms with Crippen molar-refractivity contribution in [2.45, 2.75) is 45.2 Å². The van der Waals surface area contributed by atoms with Gasteiger partial charge in [-0.15, -0.1) is 0 Å². The topological polar surface area (TPSA) is 53.6 Å². The molecular weight excluding hydrogens is 254 g/mol. The fraction of sp³-hybridized carbons (Fsp3) is 0.933. The Hall–Kier alpha value is -0.650. The molecule has 1 saturated heterocycles. The Labute approximate surface area is 123 Å². The van der Waals surface area contributed by atoms with Crippen molar-refractivity contribution in [2.75, 3.05) is 40.4 Å². The number of hydrogen-bond donors (Lipinski definition) is 2. The first-order chi connectivity index (χ1) is 9.58. The van der Waals surface area contributed by atoms with Crippen LogP contribution in [-0.2, 0) is 9.53 Å². The van der Waals surface area contributed by atoms with Crippen molar-refractivity contribution in [1.82, 2.24) is 15.5 Å². The van der Waals surface area contributed by atoms with E-state index in [-0.39, 0.29) is 11.9 Å². The van der Waals surface area contributed by atoms with Gasteiger partial charge in [0, 0.05) is 31.6 Å². The molecule has 2 atom stereocenters. The molecule has 0 radical (unpaired) electrons. The van der Waals surface area contributed by atoms with Crippen LogP contribution in [0.5, 0.6) is 0 Å². The van der Waals surface area contributed by atoms with E-state index in [2.05, 4.69) is 43.5 Å². The smallest absolute Gasteiger partial charge is 0.221 e. The minimum atomic E-state index is 0.116. The van der Waals surface area contributed by atoms with E-state index in [4.69, 9.17) is 4.74 Å². The summed E-state index contributed by atoms with van der Waals surface area (Å²) in [6.07, 6.45) is 2.80. The lowest BCUT2D eigenvalue weighted by Gasteiger charge is -2.31. The van der Waals surface area contributed by atoms with E-state index < -0.39 is 0 Å². The van der Waals surface area contributed by atoms with Crippen LogP contribution in [-0.4, -0.2) is 63.3 Å². The van der Waals surface area contributed by atoms with Crippen molar-refractivity contribution < 1.29 is 9.53 Å². The summed E-state index contributed by atoms with van der Waals surface area (Å²) in [5.74, 6) is 0.743. The largest absolute Gasteiger partial charge is 0.378 e. The molecule has 5 heteroatoms. The highest BCUT2D eigenvalue weighted by molar-refractivity contribution is 5.76. The van der Waals surface area contributed by atoms with Crippen LogP contribution in [0.15, 0.2) is 0 Å². The summed E-state index contributed by atoms with van der Waals surface area (Å²) in [4.78, 5) is 14.2. The highest BCUT2D eigenvalue weighted by Gasteiger charge is 2.22. The van der Waals surface area contributed by atoms with Crippen molar-refractivity contribution in [1.29, 1.82) is 0 Å². The molecule has 1 heterocycles. The highest BCUT2D eigenvalue weighted by atomic mass is 16.5. The van der Waals surface area contributed by atoms with Crippen molar-refractivity contribution >= 4 is 5.91 Å². The van der Waals surface area contributed by atoms with Crippen LogP contribution in [0.1, 0.15) is 33.1 Å².